The van der Waals surface area contributed by atoms with Crippen LogP contribution >= 0.6 is 0 Å². The highest BCUT2D eigenvalue weighted by Gasteiger charge is 1.99. The van der Waals surface area contributed by atoms with Crippen molar-refractivity contribution >= 4 is 0 Å². The SMILES string of the molecule is Cc1cc(CNCCc2ccncc2)no1. The Morgan fingerprint density at radius 1 is 1.31 bits per heavy atom. The van der Waals surface area contributed by atoms with Gasteiger partial charge in [0.25, 0.3) is 0 Å². The Hall–Kier alpha value is -1.68. The number of pyridine rings is 1. The van der Waals surface area contributed by atoms with Gasteiger partial charge in [-0.3, -0.25) is 4.98 Å². The van der Waals surface area contributed by atoms with Crippen molar-refractivity contribution in [1.29, 1.82) is 0 Å². The second-order valence-corrected chi connectivity index (χ2v) is 3.71. The third-order valence-electron chi connectivity index (χ3n) is 2.32. The average molecular weight is 217 g/mol. The normalized spacial score (nSPS) is 10.6. The molecule has 2 aromatic rings. The molecule has 4 nitrogen and oxygen atoms in total. The van der Waals surface area contributed by atoms with Gasteiger partial charge in [0, 0.05) is 25.0 Å². The fraction of sp³-hybridized carbons (Fsp3) is 0.333. The molecule has 0 spiro atoms. The lowest BCUT2D eigenvalue weighted by Crippen LogP contribution is -2.16. The molecule has 0 aliphatic heterocycles. The van der Waals surface area contributed by atoms with E-state index in [4.69, 9.17) is 4.52 Å². The van der Waals surface area contributed by atoms with Gasteiger partial charge < -0.3 is 9.84 Å². The fourth-order valence-corrected chi connectivity index (χ4v) is 1.50. The number of nitrogens with one attached hydrogen (secondary N) is 1. The summed E-state index contributed by atoms with van der Waals surface area (Å²) in [5.74, 6) is 0.853. The molecular formula is C12H15N3O. The highest BCUT2D eigenvalue weighted by molar-refractivity contribution is 5.10. The van der Waals surface area contributed by atoms with Gasteiger partial charge in [0.2, 0.25) is 0 Å². The van der Waals surface area contributed by atoms with Crippen molar-refractivity contribution in [3.05, 3.63) is 47.6 Å². The minimum atomic E-state index is 0.752. The van der Waals surface area contributed by atoms with Gasteiger partial charge in [-0.1, -0.05) is 5.16 Å². The summed E-state index contributed by atoms with van der Waals surface area (Å²) >= 11 is 0. The summed E-state index contributed by atoms with van der Waals surface area (Å²) in [5.41, 5.74) is 2.24. The molecule has 1 N–H and O–H groups in total. The van der Waals surface area contributed by atoms with Crippen LogP contribution in [-0.2, 0) is 13.0 Å². The predicted molar refractivity (Wildman–Crippen MR) is 60.9 cm³/mol. The van der Waals surface area contributed by atoms with Crippen LogP contribution in [0.5, 0.6) is 0 Å². The molecule has 0 aliphatic rings. The minimum absolute atomic E-state index is 0.752. The van der Waals surface area contributed by atoms with Crippen molar-refractivity contribution in [1.82, 2.24) is 15.5 Å². The number of nitrogens with zero attached hydrogens (tertiary/aromatic N) is 2. The van der Waals surface area contributed by atoms with Crippen LogP contribution in [0.25, 0.3) is 0 Å². The highest BCUT2D eigenvalue weighted by atomic mass is 16.5. The number of aryl methyl sites for hydroxylation is 1. The third-order valence-corrected chi connectivity index (χ3v) is 2.32. The van der Waals surface area contributed by atoms with E-state index in [2.05, 4.69) is 15.5 Å². The van der Waals surface area contributed by atoms with Crippen LogP contribution < -0.4 is 5.32 Å². The highest BCUT2D eigenvalue weighted by Crippen LogP contribution is 2.01. The second kappa shape index (κ2) is 5.42. The van der Waals surface area contributed by atoms with Crippen molar-refractivity contribution in [2.24, 2.45) is 0 Å². The average Bonchev–Trinajstić information content (AvgIpc) is 2.72. The molecule has 2 aromatic heterocycles. The van der Waals surface area contributed by atoms with Gasteiger partial charge >= 0.3 is 0 Å². The number of rotatable bonds is 5. The lowest BCUT2D eigenvalue weighted by molar-refractivity contribution is 0.388. The molecule has 2 heterocycles. The van der Waals surface area contributed by atoms with Crippen molar-refractivity contribution in [2.75, 3.05) is 6.54 Å². The Morgan fingerprint density at radius 3 is 2.81 bits per heavy atom. The van der Waals surface area contributed by atoms with Crippen LogP contribution in [0.4, 0.5) is 0 Å². The number of hydrogen-bond donors (Lipinski definition) is 1. The summed E-state index contributed by atoms with van der Waals surface area (Å²) < 4.78 is 4.98. The third kappa shape index (κ3) is 3.17. The Bertz CT molecular complexity index is 425. The quantitative estimate of drug-likeness (QED) is 0.775. The number of aromatic nitrogens is 2. The van der Waals surface area contributed by atoms with Crippen LogP contribution in [0.3, 0.4) is 0 Å². The summed E-state index contributed by atoms with van der Waals surface area (Å²) in [6, 6.07) is 6.00. The van der Waals surface area contributed by atoms with Crippen molar-refractivity contribution in [3.8, 4) is 0 Å². The molecule has 0 atom stereocenters. The van der Waals surface area contributed by atoms with Crippen molar-refractivity contribution < 1.29 is 4.52 Å². The van der Waals surface area contributed by atoms with E-state index in [1.807, 2.05) is 37.5 Å². The van der Waals surface area contributed by atoms with Gasteiger partial charge in [0.15, 0.2) is 0 Å². The molecule has 0 saturated carbocycles. The summed E-state index contributed by atoms with van der Waals surface area (Å²) in [6.45, 7) is 3.58. The number of hydrogen-bond acceptors (Lipinski definition) is 4. The predicted octanol–water partition coefficient (Wildman–Crippen LogP) is 1.71. The molecule has 0 bridgehead atoms. The molecule has 0 saturated heterocycles. The molecule has 2 rings (SSSR count). The van der Waals surface area contributed by atoms with E-state index in [1.165, 1.54) is 5.56 Å². The maximum Gasteiger partial charge on any atom is 0.133 e. The molecule has 0 fully saturated rings. The maximum absolute atomic E-state index is 4.98. The van der Waals surface area contributed by atoms with E-state index < -0.39 is 0 Å². The molecule has 0 unspecified atom stereocenters. The van der Waals surface area contributed by atoms with Crippen LogP contribution in [0.2, 0.25) is 0 Å². The smallest absolute Gasteiger partial charge is 0.133 e. The first-order valence-electron chi connectivity index (χ1n) is 5.36. The Morgan fingerprint density at radius 2 is 2.12 bits per heavy atom. The minimum Gasteiger partial charge on any atom is -0.361 e. The van der Waals surface area contributed by atoms with E-state index in [1.54, 1.807) is 0 Å². The van der Waals surface area contributed by atoms with Crippen molar-refractivity contribution in [2.45, 2.75) is 19.9 Å². The Labute approximate surface area is 94.7 Å². The maximum atomic E-state index is 4.98. The largest absolute Gasteiger partial charge is 0.361 e. The molecule has 0 aromatic carbocycles. The van der Waals surface area contributed by atoms with Crippen LogP contribution in [0.1, 0.15) is 17.0 Å². The zero-order valence-electron chi connectivity index (χ0n) is 9.31. The van der Waals surface area contributed by atoms with Gasteiger partial charge in [-0.2, -0.15) is 0 Å². The Balaban J connectivity index is 1.69. The van der Waals surface area contributed by atoms with Gasteiger partial charge in [-0.25, -0.2) is 0 Å². The fourth-order valence-electron chi connectivity index (χ4n) is 1.50. The monoisotopic (exact) mass is 217 g/mol. The van der Waals surface area contributed by atoms with Crippen LogP contribution in [0.15, 0.2) is 35.1 Å². The second-order valence-electron chi connectivity index (χ2n) is 3.71. The Kier molecular flexibility index (Phi) is 3.66. The first-order valence-corrected chi connectivity index (χ1v) is 5.36. The lowest BCUT2D eigenvalue weighted by Gasteiger charge is -2.01. The van der Waals surface area contributed by atoms with Crippen molar-refractivity contribution in [3.63, 3.8) is 0 Å². The summed E-state index contributed by atoms with van der Waals surface area (Å²) in [5, 5.41) is 7.23. The van der Waals surface area contributed by atoms with E-state index in [0.717, 1.165) is 31.0 Å². The molecule has 84 valence electrons. The molecular weight excluding hydrogens is 202 g/mol. The topological polar surface area (TPSA) is 51.0 Å². The van der Waals surface area contributed by atoms with E-state index in [-0.39, 0.29) is 0 Å². The standard InChI is InChI=1S/C12H15N3O/c1-10-8-12(15-16-10)9-14-7-4-11-2-5-13-6-3-11/h2-3,5-6,8,14H,4,7,9H2,1H3. The van der Waals surface area contributed by atoms with Gasteiger partial charge in [0.05, 0.1) is 5.69 Å². The summed E-state index contributed by atoms with van der Waals surface area (Å²) in [7, 11) is 0. The van der Waals surface area contributed by atoms with Gasteiger partial charge in [0.1, 0.15) is 5.76 Å². The molecule has 0 amide bonds. The zero-order chi connectivity index (χ0) is 11.2. The van der Waals surface area contributed by atoms with Crippen LogP contribution in [-0.4, -0.2) is 16.7 Å². The molecule has 4 heteroatoms. The van der Waals surface area contributed by atoms with E-state index in [0.29, 0.717) is 0 Å². The molecule has 0 radical (unpaired) electrons. The van der Waals surface area contributed by atoms with Gasteiger partial charge in [-0.15, -0.1) is 0 Å². The first-order chi connectivity index (χ1) is 7.84. The van der Waals surface area contributed by atoms with Gasteiger partial charge in [-0.05, 0) is 37.6 Å². The zero-order valence-corrected chi connectivity index (χ0v) is 9.31. The summed E-state index contributed by atoms with van der Waals surface area (Å²) in [4.78, 5) is 3.98. The van der Waals surface area contributed by atoms with Crippen LogP contribution in [0, 0.1) is 6.92 Å². The molecule has 16 heavy (non-hydrogen) atoms. The van der Waals surface area contributed by atoms with E-state index in [9.17, 15) is 0 Å². The lowest BCUT2D eigenvalue weighted by atomic mass is 10.2. The van der Waals surface area contributed by atoms with E-state index >= 15 is 0 Å². The summed E-state index contributed by atoms with van der Waals surface area (Å²) in [6.07, 6.45) is 4.63. The first kappa shape index (κ1) is 10.8. The molecule has 0 aliphatic carbocycles.